The molecule has 0 aromatic carbocycles. The van der Waals surface area contributed by atoms with E-state index >= 15 is 0 Å². The lowest BCUT2D eigenvalue weighted by molar-refractivity contribution is -0.138. The highest BCUT2D eigenvalue weighted by Crippen LogP contribution is 2.22. The van der Waals surface area contributed by atoms with Crippen molar-refractivity contribution in [1.82, 2.24) is 15.1 Å². The zero-order valence-corrected chi connectivity index (χ0v) is 11.3. The number of nitrogens with zero attached hydrogens (tertiary/aromatic N) is 2. The zero-order chi connectivity index (χ0) is 14.0. The first-order valence-electron chi connectivity index (χ1n) is 6.51. The smallest absolute Gasteiger partial charge is 0.303 e. The number of aliphatic carboxylic acids is 1. The largest absolute Gasteiger partial charge is 0.481 e. The molecular weight excluding hydrogens is 246 g/mol. The molecule has 1 unspecified atom stereocenters. The summed E-state index contributed by atoms with van der Waals surface area (Å²) >= 11 is 0. The molecule has 6 heteroatoms. The van der Waals surface area contributed by atoms with Gasteiger partial charge in [0.1, 0.15) is 0 Å². The maximum Gasteiger partial charge on any atom is 0.303 e. The van der Waals surface area contributed by atoms with Crippen molar-refractivity contribution < 1.29 is 14.7 Å². The first-order valence-corrected chi connectivity index (χ1v) is 6.51. The molecule has 1 atom stereocenters. The number of carboxylic acids is 1. The van der Waals surface area contributed by atoms with Crippen molar-refractivity contribution in [2.45, 2.75) is 33.1 Å². The summed E-state index contributed by atoms with van der Waals surface area (Å²) in [4.78, 5) is 25.0. The van der Waals surface area contributed by atoms with Gasteiger partial charge in [-0.05, 0) is 32.6 Å². The van der Waals surface area contributed by atoms with E-state index in [0.717, 1.165) is 18.5 Å². The molecule has 0 spiro atoms. The van der Waals surface area contributed by atoms with Crippen LogP contribution in [0.25, 0.3) is 0 Å². The van der Waals surface area contributed by atoms with Gasteiger partial charge in [-0.15, -0.1) is 0 Å². The fourth-order valence-corrected chi connectivity index (χ4v) is 2.69. The van der Waals surface area contributed by atoms with Crippen molar-refractivity contribution in [2.24, 2.45) is 5.92 Å². The van der Waals surface area contributed by atoms with E-state index < -0.39 is 5.97 Å². The molecule has 1 saturated heterocycles. The quantitative estimate of drug-likeness (QED) is 0.863. The van der Waals surface area contributed by atoms with Crippen LogP contribution in [0.3, 0.4) is 0 Å². The van der Waals surface area contributed by atoms with Crippen molar-refractivity contribution in [2.75, 3.05) is 13.1 Å². The minimum atomic E-state index is -0.796. The van der Waals surface area contributed by atoms with Gasteiger partial charge in [0.05, 0.1) is 11.3 Å². The average molecular weight is 265 g/mol. The van der Waals surface area contributed by atoms with Crippen molar-refractivity contribution in [1.29, 1.82) is 0 Å². The molecule has 6 nitrogen and oxygen atoms in total. The lowest BCUT2D eigenvalue weighted by Crippen LogP contribution is -2.40. The number of likely N-dealkylation sites (tertiary alicyclic amines) is 1. The number of hydrogen-bond donors (Lipinski definition) is 2. The first kappa shape index (κ1) is 13.6. The number of carbonyl (C=O) groups is 2. The summed E-state index contributed by atoms with van der Waals surface area (Å²) in [5.41, 5.74) is 2.08. The molecule has 1 aromatic heterocycles. The van der Waals surface area contributed by atoms with Gasteiger partial charge in [0, 0.05) is 25.2 Å². The minimum absolute atomic E-state index is 0.0427. The Bertz CT molecular complexity index is 476. The standard InChI is InChI=1S/C13H19N3O3/c1-8-12(9(2)15-14-8)13(19)16-5-3-4-10(7-16)6-11(17)18/h10H,3-7H2,1-2H3,(H,14,15)(H,17,18). The number of H-pyrrole nitrogens is 1. The number of nitrogens with one attached hydrogen (secondary N) is 1. The van der Waals surface area contributed by atoms with E-state index in [0.29, 0.717) is 24.3 Å². The van der Waals surface area contributed by atoms with Gasteiger partial charge in [-0.25, -0.2) is 0 Å². The van der Waals surface area contributed by atoms with Gasteiger partial charge >= 0.3 is 5.97 Å². The van der Waals surface area contributed by atoms with Gasteiger partial charge in [0.25, 0.3) is 5.91 Å². The van der Waals surface area contributed by atoms with Crippen LogP contribution in [0.15, 0.2) is 0 Å². The van der Waals surface area contributed by atoms with Crippen LogP contribution < -0.4 is 0 Å². The van der Waals surface area contributed by atoms with Crippen molar-refractivity contribution >= 4 is 11.9 Å². The van der Waals surface area contributed by atoms with Gasteiger partial charge in [-0.3, -0.25) is 14.7 Å². The van der Waals surface area contributed by atoms with Crippen LogP contribution in [-0.4, -0.2) is 45.2 Å². The van der Waals surface area contributed by atoms with Crippen LogP contribution in [0.4, 0.5) is 0 Å². The van der Waals surface area contributed by atoms with E-state index in [4.69, 9.17) is 5.11 Å². The molecule has 1 aromatic rings. The molecular formula is C13H19N3O3. The van der Waals surface area contributed by atoms with E-state index in [9.17, 15) is 9.59 Å². The normalized spacial score (nSPS) is 19.5. The Kier molecular flexibility index (Phi) is 3.87. The highest BCUT2D eigenvalue weighted by atomic mass is 16.4. The number of amides is 1. The minimum Gasteiger partial charge on any atom is -0.481 e. The number of hydrogen-bond acceptors (Lipinski definition) is 3. The Morgan fingerprint density at radius 1 is 1.47 bits per heavy atom. The summed E-state index contributed by atoms with van der Waals surface area (Å²) in [6.45, 7) is 4.84. The number of piperidine rings is 1. The topological polar surface area (TPSA) is 86.3 Å². The summed E-state index contributed by atoms with van der Waals surface area (Å²) in [7, 11) is 0. The van der Waals surface area contributed by atoms with Crippen molar-refractivity contribution in [3.05, 3.63) is 17.0 Å². The Balaban J connectivity index is 2.09. The summed E-state index contributed by atoms with van der Waals surface area (Å²) < 4.78 is 0. The fourth-order valence-electron chi connectivity index (χ4n) is 2.69. The number of aromatic nitrogens is 2. The van der Waals surface area contributed by atoms with E-state index in [2.05, 4.69) is 10.2 Å². The third kappa shape index (κ3) is 2.94. The van der Waals surface area contributed by atoms with Crippen LogP contribution in [0.2, 0.25) is 0 Å². The van der Waals surface area contributed by atoms with Gasteiger partial charge in [-0.2, -0.15) is 5.10 Å². The first-order chi connectivity index (χ1) is 8.99. The van der Waals surface area contributed by atoms with E-state index in [1.807, 2.05) is 6.92 Å². The summed E-state index contributed by atoms with van der Waals surface area (Å²) in [6, 6.07) is 0. The molecule has 2 N–H and O–H groups in total. The molecule has 0 radical (unpaired) electrons. The van der Waals surface area contributed by atoms with E-state index in [1.165, 1.54) is 0 Å². The second kappa shape index (κ2) is 5.42. The average Bonchev–Trinajstić information content (AvgIpc) is 2.68. The molecule has 0 bridgehead atoms. The summed E-state index contributed by atoms with van der Waals surface area (Å²) in [6.07, 6.45) is 1.87. The second-order valence-electron chi connectivity index (χ2n) is 5.17. The lowest BCUT2D eigenvalue weighted by Gasteiger charge is -2.32. The van der Waals surface area contributed by atoms with Gasteiger partial charge in [0.15, 0.2) is 0 Å². The maximum atomic E-state index is 12.5. The molecule has 104 valence electrons. The van der Waals surface area contributed by atoms with Crippen LogP contribution in [-0.2, 0) is 4.79 Å². The third-order valence-corrected chi connectivity index (χ3v) is 3.61. The van der Waals surface area contributed by atoms with Crippen molar-refractivity contribution in [3.63, 3.8) is 0 Å². The van der Waals surface area contributed by atoms with Crippen LogP contribution >= 0.6 is 0 Å². The highest BCUT2D eigenvalue weighted by Gasteiger charge is 2.28. The lowest BCUT2D eigenvalue weighted by atomic mass is 9.94. The molecule has 1 aliphatic rings. The van der Waals surface area contributed by atoms with Crippen LogP contribution in [0.5, 0.6) is 0 Å². The number of rotatable bonds is 3. The Hall–Kier alpha value is -1.85. The van der Waals surface area contributed by atoms with Gasteiger partial charge < -0.3 is 10.0 Å². The number of aromatic amines is 1. The highest BCUT2D eigenvalue weighted by molar-refractivity contribution is 5.96. The van der Waals surface area contributed by atoms with E-state index in [1.54, 1.807) is 11.8 Å². The predicted octanol–water partition coefficient (Wildman–Crippen LogP) is 1.35. The molecule has 2 rings (SSSR count). The number of carboxylic acid groups (broad SMARTS) is 1. The molecule has 0 aliphatic carbocycles. The number of aryl methyl sites for hydroxylation is 2. The predicted molar refractivity (Wildman–Crippen MR) is 68.9 cm³/mol. The molecule has 1 fully saturated rings. The maximum absolute atomic E-state index is 12.5. The van der Waals surface area contributed by atoms with Crippen molar-refractivity contribution in [3.8, 4) is 0 Å². The Morgan fingerprint density at radius 2 is 2.21 bits per heavy atom. The molecule has 2 heterocycles. The monoisotopic (exact) mass is 265 g/mol. The van der Waals surface area contributed by atoms with Gasteiger partial charge in [0.2, 0.25) is 0 Å². The van der Waals surface area contributed by atoms with Crippen LogP contribution in [0.1, 0.15) is 41.0 Å². The Labute approximate surface area is 111 Å². The van der Waals surface area contributed by atoms with Gasteiger partial charge in [-0.1, -0.05) is 0 Å². The van der Waals surface area contributed by atoms with E-state index in [-0.39, 0.29) is 18.2 Å². The SMILES string of the molecule is Cc1n[nH]c(C)c1C(=O)N1CCCC(CC(=O)O)C1. The van der Waals surface area contributed by atoms with Crippen LogP contribution in [0, 0.1) is 19.8 Å². The summed E-state index contributed by atoms with van der Waals surface area (Å²) in [5.74, 6) is -0.781. The zero-order valence-electron chi connectivity index (χ0n) is 11.3. The second-order valence-corrected chi connectivity index (χ2v) is 5.17. The number of carbonyl (C=O) groups excluding carboxylic acids is 1. The molecule has 0 saturated carbocycles. The molecule has 1 aliphatic heterocycles. The fraction of sp³-hybridized carbons (Fsp3) is 0.615. The Morgan fingerprint density at radius 3 is 2.79 bits per heavy atom. The molecule has 1 amide bonds. The third-order valence-electron chi connectivity index (χ3n) is 3.61. The summed E-state index contributed by atoms with van der Waals surface area (Å²) in [5, 5.41) is 15.7. The molecule has 19 heavy (non-hydrogen) atoms.